The van der Waals surface area contributed by atoms with E-state index in [0.29, 0.717) is 13.0 Å². The number of tetrazole rings is 1. The maximum atomic E-state index is 13.0. The van der Waals surface area contributed by atoms with Crippen LogP contribution in [0.15, 0.2) is 24.5 Å². The molecule has 3 N–H and O–H groups in total. The third-order valence-corrected chi connectivity index (χ3v) is 4.88. The monoisotopic (exact) mass is 357 g/mol. The summed E-state index contributed by atoms with van der Waals surface area (Å²) in [6.07, 6.45) is 1.88. The maximum absolute atomic E-state index is 13.0. The van der Waals surface area contributed by atoms with Gasteiger partial charge in [-0.05, 0) is 37.3 Å². The van der Waals surface area contributed by atoms with Gasteiger partial charge in [0, 0.05) is 18.5 Å². The highest BCUT2D eigenvalue weighted by atomic mass is 16.5. The van der Waals surface area contributed by atoms with Gasteiger partial charge in [0.05, 0.1) is 12.0 Å². The molecule has 0 aliphatic carbocycles. The van der Waals surface area contributed by atoms with Crippen molar-refractivity contribution >= 4 is 5.91 Å². The van der Waals surface area contributed by atoms with Gasteiger partial charge in [0.2, 0.25) is 5.91 Å². The number of hydrogen-bond acceptors (Lipinski definition) is 7. The number of rotatable bonds is 3. The Labute approximate surface area is 151 Å². The van der Waals surface area contributed by atoms with Crippen LogP contribution < -0.4 is 20.9 Å². The Kier molecular flexibility index (Phi) is 4.12. The minimum Gasteiger partial charge on any atom is -0.487 e. The second kappa shape index (κ2) is 6.33. The fraction of sp³-hybridized carbons (Fsp3) is 0.529. The molecule has 0 radical (unpaired) electrons. The quantitative estimate of drug-likeness (QED) is 0.739. The lowest BCUT2D eigenvalue weighted by Crippen LogP contribution is -2.44. The molecular weight excluding hydrogens is 334 g/mol. The van der Waals surface area contributed by atoms with Gasteiger partial charge in [-0.1, -0.05) is 17.7 Å². The molecule has 3 unspecified atom stereocenters. The molecule has 9 heteroatoms. The third kappa shape index (κ3) is 3.15. The average molecular weight is 357 g/mol. The fourth-order valence-corrected chi connectivity index (χ4v) is 3.65. The number of nitrogens with one attached hydrogen (secondary N) is 3. The van der Waals surface area contributed by atoms with E-state index in [4.69, 9.17) is 4.74 Å². The molecule has 4 rings (SSSR count). The molecule has 1 saturated heterocycles. The van der Waals surface area contributed by atoms with Gasteiger partial charge in [0.15, 0.2) is 0 Å². The Balaban J connectivity index is 1.56. The summed E-state index contributed by atoms with van der Waals surface area (Å²) < 4.78 is 7.64. The van der Waals surface area contributed by atoms with Gasteiger partial charge in [-0.3, -0.25) is 10.2 Å². The molecule has 3 atom stereocenters. The van der Waals surface area contributed by atoms with Gasteiger partial charge < -0.3 is 10.1 Å². The Morgan fingerprint density at radius 3 is 3.04 bits per heavy atom. The lowest BCUT2D eigenvalue weighted by molar-refractivity contribution is -0.127. The number of nitrogens with zero attached hydrogens (tertiary/aromatic N) is 4. The van der Waals surface area contributed by atoms with E-state index in [2.05, 4.69) is 37.8 Å². The summed E-state index contributed by atoms with van der Waals surface area (Å²) in [5.74, 6) is 0.465. The summed E-state index contributed by atoms with van der Waals surface area (Å²) in [7, 11) is 0. The van der Waals surface area contributed by atoms with Crippen LogP contribution in [0.25, 0.3) is 0 Å². The number of carbonyl (C=O) groups excluding carboxylic acids is 1. The molecule has 0 spiro atoms. The van der Waals surface area contributed by atoms with Crippen LogP contribution in [0.5, 0.6) is 5.75 Å². The van der Waals surface area contributed by atoms with Crippen LogP contribution in [0.3, 0.4) is 0 Å². The summed E-state index contributed by atoms with van der Waals surface area (Å²) in [6, 6.07) is 5.99. The second-order valence-electron chi connectivity index (χ2n) is 7.53. The summed E-state index contributed by atoms with van der Waals surface area (Å²) in [4.78, 5) is 13.0. The first kappa shape index (κ1) is 16.9. The number of carbonyl (C=O) groups is 1. The second-order valence-corrected chi connectivity index (χ2v) is 7.53. The highest BCUT2D eigenvalue weighted by Gasteiger charge is 2.39. The van der Waals surface area contributed by atoms with Crippen LogP contribution in [0.2, 0.25) is 0 Å². The highest BCUT2D eigenvalue weighted by Crippen LogP contribution is 2.40. The Bertz CT molecular complexity index is 805. The number of aromatic nitrogens is 4. The molecule has 1 aromatic carbocycles. The number of hydrazine groups is 1. The smallest absolute Gasteiger partial charge is 0.228 e. The van der Waals surface area contributed by atoms with Gasteiger partial charge in [-0.25, -0.2) is 10.1 Å². The van der Waals surface area contributed by atoms with Gasteiger partial charge in [-0.2, -0.15) is 0 Å². The lowest BCUT2D eigenvalue weighted by Gasteiger charge is -2.38. The normalized spacial score (nSPS) is 26.8. The first-order valence-corrected chi connectivity index (χ1v) is 8.74. The molecule has 2 aliphatic heterocycles. The predicted octanol–water partition coefficient (Wildman–Crippen LogP) is 0.623. The van der Waals surface area contributed by atoms with Crippen LogP contribution in [0.4, 0.5) is 0 Å². The van der Waals surface area contributed by atoms with Gasteiger partial charge in [0.25, 0.3) is 0 Å². The van der Waals surface area contributed by atoms with Crippen molar-refractivity contribution < 1.29 is 9.53 Å². The zero-order chi connectivity index (χ0) is 18.3. The van der Waals surface area contributed by atoms with Crippen molar-refractivity contribution in [3.63, 3.8) is 0 Å². The van der Waals surface area contributed by atoms with Crippen LogP contribution in [-0.2, 0) is 4.79 Å². The fourth-order valence-electron chi connectivity index (χ4n) is 3.65. The zero-order valence-electron chi connectivity index (χ0n) is 15.1. The molecule has 1 amide bonds. The van der Waals surface area contributed by atoms with Crippen molar-refractivity contribution in [3.05, 3.63) is 35.7 Å². The number of benzene rings is 1. The summed E-state index contributed by atoms with van der Waals surface area (Å²) in [5.41, 5.74) is 7.90. The molecule has 0 bridgehead atoms. The van der Waals surface area contributed by atoms with Crippen LogP contribution in [0.1, 0.15) is 43.6 Å². The number of aryl methyl sites for hydroxylation is 1. The number of amides is 1. The number of fused-ring (bicyclic) bond motifs is 1. The molecule has 138 valence electrons. The van der Waals surface area contributed by atoms with Crippen molar-refractivity contribution in [2.45, 2.75) is 45.0 Å². The molecule has 1 fully saturated rings. The van der Waals surface area contributed by atoms with Crippen molar-refractivity contribution in [2.75, 3.05) is 6.54 Å². The van der Waals surface area contributed by atoms with E-state index in [-0.39, 0.29) is 29.6 Å². The van der Waals surface area contributed by atoms with Crippen LogP contribution in [0, 0.1) is 12.8 Å². The van der Waals surface area contributed by atoms with E-state index >= 15 is 0 Å². The average Bonchev–Trinajstić information content (AvgIpc) is 3.25. The summed E-state index contributed by atoms with van der Waals surface area (Å²) in [5, 5.41) is 14.4. The Morgan fingerprint density at radius 1 is 1.42 bits per heavy atom. The molecule has 0 saturated carbocycles. The summed E-state index contributed by atoms with van der Waals surface area (Å²) in [6.45, 7) is 6.62. The number of hydrogen-bond donors (Lipinski definition) is 3. The minimum atomic E-state index is -0.346. The van der Waals surface area contributed by atoms with Crippen molar-refractivity contribution in [1.29, 1.82) is 0 Å². The van der Waals surface area contributed by atoms with E-state index in [1.54, 1.807) is 4.68 Å². The van der Waals surface area contributed by atoms with Crippen LogP contribution in [-0.4, -0.2) is 38.3 Å². The highest BCUT2D eigenvalue weighted by molar-refractivity contribution is 5.80. The first-order chi connectivity index (χ1) is 12.4. The Morgan fingerprint density at radius 2 is 2.27 bits per heavy atom. The number of ether oxygens (including phenoxy) is 1. The van der Waals surface area contributed by atoms with Crippen molar-refractivity contribution in [2.24, 2.45) is 5.92 Å². The maximum Gasteiger partial charge on any atom is 0.228 e. The SMILES string of the molecule is Cc1ccc2c(c1)C(NC(=O)C1CNNC1n1cnnn1)CC(C)(C)O2. The van der Waals surface area contributed by atoms with E-state index in [0.717, 1.165) is 16.9 Å². The minimum absolute atomic E-state index is 0.0434. The molecule has 1 aromatic heterocycles. The zero-order valence-corrected chi connectivity index (χ0v) is 15.1. The van der Waals surface area contributed by atoms with Gasteiger partial charge in [0.1, 0.15) is 23.8 Å². The Hall–Kier alpha value is -2.52. The van der Waals surface area contributed by atoms with E-state index in [1.165, 1.54) is 6.33 Å². The van der Waals surface area contributed by atoms with E-state index < -0.39 is 0 Å². The first-order valence-electron chi connectivity index (χ1n) is 8.74. The van der Waals surface area contributed by atoms with Crippen molar-refractivity contribution in [1.82, 2.24) is 36.4 Å². The topological polar surface area (TPSA) is 106 Å². The standard InChI is InChI=1S/C17H23N7O2/c1-10-4-5-14-11(6-10)13(7-17(2,3)26-14)20-16(25)12-8-18-21-15(12)24-9-19-22-23-24/h4-6,9,12-13,15,18,21H,7-8H2,1-3H3,(H,20,25). The molecule has 26 heavy (non-hydrogen) atoms. The lowest BCUT2D eigenvalue weighted by atomic mass is 9.88. The van der Waals surface area contributed by atoms with Crippen LogP contribution >= 0.6 is 0 Å². The van der Waals surface area contributed by atoms with E-state index in [9.17, 15) is 4.79 Å². The molecule has 2 aliphatic rings. The predicted molar refractivity (Wildman–Crippen MR) is 92.9 cm³/mol. The summed E-state index contributed by atoms with van der Waals surface area (Å²) >= 11 is 0. The molecule has 2 aromatic rings. The van der Waals surface area contributed by atoms with Gasteiger partial charge in [-0.15, -0.1) is 5.10 Å². The van der Waals surface area contributed by atoms with Crippen molar-refractivity contribution in [3.8, 4) is 5.75 Å². The largest absolute Gasteiger partial charge is 0.487 e. The third-order valence-electron chi connectivity index (χ3n) is 4.88. The van der Waals surface area contributed by atoms with Gasteiger partial charge >= 0.3 is 0 Å². The molecule has 3 heterocycles. The van der Waals surface area contributed by atoms with E-state index in [1.807, 2.05) is 32.9 Å². The molecule has 9 nitrogen and oxygen atoms in total. The molecular formula is C17H23N7O2.